The van der Waals surface area contributed by atoms with Crippen molar-refractivity contribution in [2.75, 3.05) is 26.1 Å². The van der Waals surface area contributed by atoms with E-state index in [1.807, 2.05) is 0 Å². The predicted molar refractivity (Wildman–Crippen MR) is 113 cm³/mol. The number of nitrogens with one attached hydrogen (secondary N) is 2. The van der Waals surface area contributed by atoms with Crippen molar-refractivity contribution in [1.82, 2.24) is 5.32 Å². The van der Waals surface area contributed by atoms with Gasteiger partial charge in [0, 0.05) is 10.6 Å². The van der Waals surface area contributed by atoms with Crippen molar-refractivity contribution >= 4 is 46.7 Å². The van der Waals surface area contributed by atoms with Gasteiger partial charge in [0.05, 0.1) is 24.9 Å². The molecule has 1 atom stereocenters. The van der Waals surface area contributed by atoms with E-state index >= 15 is 0 Å². The number of methoxy groups -OCH3 is 2. The standard InChI is InChI=1S/C20H20Cl2N2O6/c1-11(19(26)24-15-6-5-13(21)9-14(15)22)30-18(25)10-23-20(27)12-4-7-16(28-2)17(8-12)29-3/h4-9,11H,10H2,1-3H3,(H,23,27)(H,24,26). The summed E-state index contributed by atoms with van der Waals surface area (Å²) in [5.41, 5.74) is 0.597. The first-order valence-electron chi connectivity index (χ1n) is 8.70. The number of rotatable bonds is 8. The largest absolute Gasteiger partial charge is 0.493 e. The number of halogens is 2. The van der Waals surface area contributed by atoms with Crippen LogP contribution in [0.1, 0.15) is 17.3 Å². The third-order valence-electron chi connectivity index (χ3n) is 3.91. The average Bonchev–Trinajstić information content (AvgIpc) is 2.73. The molecule has 1 unspecified atom stereocenters. The molecule has 0 bridgehead atoms. The Balaban J connectivity index is 1.87. The molecule has 0 aromatic heterocycles. The summed E-state index contributed by atoms with van der Waals surface area (Å²) >= 11 is 11.8. The molecule has 0 aliphatic heterocycles. The minimum atomic E-state index is -1.11. The van der Waals surface area contributed by atoms with Crippen LogP contribution in [-0.2, 0) is 14.3 Å². The Labute approximate surface area is 183 Å². The molecule has 160 valence electrons. The highest BCUT2D eigenvalue weighted by molar-refractivity contribution is 6.36. The molecule has 0 fully saturated rings. The molecule has 8 nitrogen and oxygen atoms in total. The minimum Gasteiger partial charge on any atom is -0.493 e. The van der Waals surface area contributed by atoms with Crippen molar-refractivity contribution in [3.05, 3.63) is 52.0 Å². The maximum absolute atomic E-state index is 12.2. The summed E-state index contributed by atoms with van der Waals surface area (Å²) in [6.45, 7) is 0.972. The second-order valence-corrected chi connectivity index (χ2v) is 6.84. The summed E-state index contributed by atoms with van der Waals surface area (Å²) < 4.78 is 15.3. The summed E-state index contributed by atoms with van der Waals surface area (Å²) in [6, 6.07) is 9.13. The van der Waals surface area contributed by atoms with E-state index < -0.39 is 30.4 Å². The molecule has 0 saturated heterocycles. The van der Waals surface area contributed by atoms with Crippen LogP contribution in [0.3, 0.4) is 0 Å². The fourth-order valence-electron chi connectivity index (χ4n) is 2.35. The quantitative estimate of drug-likeness (QED) is 0.593. The van der Waals surface area contributed by atoms with Crippen molar-refractivity contribution < 1.29 is 28.6 Å². The van der Waals surface area contributed by atoms with Gasteiger partial charge in [0.15, 0.2) is 17.6 Å². The number of hydrogen-bond acceptors (Lipinski definition) is 6. The van der Waals surface area contributed by atoms with Crippen LogP contribution < -0.4 is 20.1 Å². The van der Waals surface area contributed by atoms with Crippen LogP contribution in [0.5, 0.6) is 11.5 Å². The van der Waals surface area contributed by atoms with Crippen LogP contribution in [0.2, 0.25) is 10.0 Å². The number of amides is 2. The molecule has 0 aliphatic rings. The monoisotopic (exact) mass is 454 g/mol. The minimum absolute atomic E-state index is 0.247. The van der Waals surface area contributed by atoms with Crippen molar-refractivity contribution in [2.24, 2.45) is 0 Å². The highest BCUT2D eigenvalue weighted by atomic mass is 35.5. The predicted octanol–water partition coefficient (Wildman–Crippen LogP) is 3.31. The topological polar surface area (TPSA) is 103 Å². The summed E-state index contributed by atoms with van der Waals surface area (Å²) in [7, 11) is 2.92. The molecule has 0 saturated carbocycles. The fourth-order valence-corrected chi connectivity index (χ4v) is 2.81. The Morgan fingerprint density at radius 2 is 1.70 bits per heavy atom. The first-order chi connectivity index (χ1) is 14.2. The van der Waals surface area contributed by atoms with E-state index in [1.165, 1.54) is 45.4 Å². The van der Waals surface area contributed by atoms with Gasteiger partial charge < -0.3 is 24.8 Å². The number of esters is 1. The average molecular weight is 455 g/mol. The van der Waals surface area contributed by atoms with Gasteiger partial charge in [-0.05, 0) is 43.3 Å². The van der Waals surface area contributed by atoms with Gasteiger partial charge in [-0.25, -0.2) is 0 Å². The van der Waals surface area contributed by atoms with Crippen LogP contribution in [-0.4, -0.2) is 44.7 Å². The molecular weight excluding hydrogens is 435 g/mol. The van der Waals surface area contributed by atoms with E-state index in [4.69, 9.17) is 37.4 Å². The van der Waals surface area contributed by atoms with Crippen LogP contribution in [0.15, 0.2) is 36.4 Å². The molecule has 2 amide bonds. The fraction of sp³-hybridized carbons (Fsp3) is 0.250. The zero-order valence-electron chi connectivity index (χ0n) is 16.5. The smallest absolute Gasteiger partial charge is 0.326 e. The Bertz CT molecular complexity index is 951. The van der Waals surface area contributed by atoms with E-state index in [1.54, 1.807) is 12.1 Å². The third-order valence-corrected chi connectivity index (χ3v) is 4.45. The van der Waals surface area contributed by atoms with E-state index in [0.717, 1.165) is 0 Å². The summed E-state index contributed by atoms with van der Waals surface area (Å²) in [5, 5.41) is 5.62. The zero-order chi connectivity index (χ0) is 22.3. The Morgan fingerprint density at radius 3 is 2.33 bits per heavy atom. The van der Waals surface area contributed by atoms with E-state index in [2.05, 4.69) is 10.6 Å². The van der Waals surface area contributed by atoms with Crippen molar-refractivity contribution in [3.8, 4) is 11.5 Å². The highest BCUT2D eigenvalue weighted by Gasteiger charge is 2.20. The van der Waals surface area contributed by atoms with Crippen LogP contribution in [0.4, 0.5) is 5.69 Å². The first kappa shape index (κ1) is 23.3. The number of ether oxygens (including phenoxy) is 3. The molecule has 10 heteroatoms. The molecule has 0 aliphatic carbocycles. The number of benzene rings is 2. The van der Waals surface area contributed by atoms with Crippen LogP contribution in [0, 0.1) is 0 Å². The number of hydrogen-bond donors (Lipinski definition) is 2. The van der Waals surface area contributed by atoms with Crippen molar-refractivity contribution in [3.63, 3.8) is 0 Å². The maximum Gasteiger partial charge on any atom is 0.326 e. The lowest BCUT2D eigenvalue weighted by atomic mass is 10.2. The summed E-state index contributed by atoms with van der Waals surface area (Å²) in [6.07, 6.45) is -1.11. The van der Waals surface area contributed by atoms with Gasteiger partial charge in [-0.2, -0.15) is 0 Å². The first-order valence-corrected chi connectivity index (χ1v) is 9.46. The van der Waals surface area contributed by atoms with Gasteiger partial charge in [-0.15, -0.1) is 0 Å². The molecule has 0 radical (unpaired) electrons. The zero-order valence-corrected chi connectivity index (χ0v) is 18.0. The van der Waals surface area contributed by atoms with E-state index in [0.29, 0.717) is 22.2 Å². The molecule has 0 spiro atoms. The van der Waals surface area contributed by atoms with Gasteiger partial charge >= 0.3 is 5.97 Å². The van der Waals surface area contributed by atoms with E-state index in [-0.39, 0.29) is 10.6 Å². The Morgan fingerprint density at radius 1 is 1.00 bits per heavy atom. The molecular formula is C20H20Cl2N2O6. The molecule has 2 aromatic carbocycles. The van der Waals surface area contributed by atoms with Gasteiger partial charge in [-0.3, -0.25) is 14.4 Å². The SMILES string of the molecule is COc1ccc(C(=O)NCC(=O)OC(C)C(=O)Nc2ccc(Cl)cc2Cl)cc1OC. The lowest BCUT2D eigenvalue weighted by Crippen LogP contribution is -2.35. The molecule has 2 aromatic rings. The number of anilines is 1. The molecule has 0 heterocycles. The Hall–Kier alpha value is -2.97. The van der Waals surface area contributed by atoms with Gasteiger partial charge in [-0.1, -0.05) is 23.2 Å². The van der Waals surface area contributed by atoms with Crippen LogP contribution >= 0.6 is 23.2 Å². The normalized spacial score (nSPS) is 11.2. The summed E-state index contributed by atoms with van der Waals surface area (Å²) in [4.78, 5) is 36.4. The van der Waals surface area contributed by atoms with Crippen molar-refractivity contribution in [2.45, 2.75) is 13.0 Å². The van der Waals surface area contributed by atoms with Gasteiger partial charge in [0.25, 0.3) is 11.8 Å². The third kappa shape index (κ3) is 6.27. The second kappa shape index (κ2) is 10.7. The number of carbonyl (C=O) groups excluding carboxylic acids is 3. The van der Waals surface area contributed by atoms with Gasteiger partial charge in [0.1, 0.15) is 6.54 Å². The second-order valence-electron chi connectivity index (χ2n) is 6.00. The molecule has 2 N–H and O–H groups in total. The number of carbonyl (C=O) groups is 3. The van der Waals surface area contributed by atoms with E-state index in [9.17, 15) is 14.4 Å². The molecule has 2 rings (SSSR count). The lowest BCUT2D eigenvalue weighted by Gasteiger charge is -2.15. The molecule has 30 heavy (non-hydrogen) atoms. The van der Waals surface area contributed by atoms with Crippen molar-refractivity contribution in [1.29, 1.82) is 0 Å². The van der Waals surface area contributed by atoms with Crippen LogP contribution in [0.25, 0.3) is 0 Å². The van der Waals surface area contributed by atoms with Gasteiger partial charge in [0.2, 0.25) is 0 Å². The lowest BCUT2D eigenvalue weighted by molar-refractivity contribution is -0.152. The highest BCUT2D eigenvalue weighted by Crippen LogP contribution is 2.27. The summed E-state index contributed by atoms with van der Waals surface area (Å²) in [5.74, 6) is -1.04. The maximum atomic E-state index is 12.2. The Kier molecular flexibility index (Phi) is 8.32.